The molecule has 1 N–H and O–H groups in total. The zero-order valence-electron chi connectivity index (χ0n) is 8.29. The molecule has 1 amide bonds. The Morgan fingerprint density at radius 3 is 3.13 bits per heavy atom. The lowest BCUT2D eigenvalue weighted by molar-refractivity contribution is 0.0966. The zero-order chi connectivity index (χ0) is 10.7. The zero-order valence-corrected chi connectivity index (χ0v) is 9.05. The van der Waals surface area contributed by atoms with Crippen LogP contribution in [0.4, 0.5) is 0 Å². The fourth-order valence-electron chi connectivity index (χ4n) is 1.71. The summed E-state index contributed by atoms with van der Waals surface area (Å²) >= 11 is 5.59. The van der Waals surface area contributed by atoms with E-state index in [1.54, 1.807) is 0 Å². The minimum Gasteiger partial charge on any atom is -0.348 e. The molecule has 0 saturated heterocycles. The van der Waals surface area contributed by atoms with E-state index in [0.717, 1.165) is 23.1 Å². The molecule has 1 aliphatic heterocycles. The standard InChI is InChI=1S/C12H12ClNO/c13-7-2-1-4-9-5-3-6-10-11(9)8-14-12(10)15/h1,3-6H,2,7-8H2,(H,14,15). The van der Waals surface area contributed by atoms with Crippen molar-refractivity contribution in [2.45, 2.75) is 13.0 Å². The van der Waals surface area contributed by atoms with E-state index in [-0.39, 0.29) is 5.91 Å². The molecule has 2 rings (SSSR count). The highest BCUT2D eigenvalue weighted by atomic mass is 35.5. The van der Waals surface area contributed by atoms with Crippen molar-refractivity contribution in [3.63, 3.8) is 0 Å². The van der Waals surface area contributed by atoms with Crippen LogP contribution in [0.15, 0.2) is 24.3 Å². The summed E-state index contributed by atoms with van der Waals surface area (Å²) in [5.74, 6) is 0.653. The molecule has 1 heterocycles. The first kappa shape index (κ1) is 10.2. The Kier molecular flexibility index (Phi) is 3.07. The van der Waals surface area contributed by atoms with Crippen molar-refractivity contribution >= 4 is 23.6 Å². The molecule has 3 heteroatoms. The minimum absolute atomic E-state index is 0.0255. The van der Waals surface area contributed by atoms with Crippen LogP contribution in [0.5, 0.6) is 0 Å². The van der Waals surface area contributed by atoms with E-state index in [1.165, 1.54) is 0 Å². The molecule has 1 aliphatic rings. The molecular formula is C12H12ClNO. The van der Waals surface area contributed by atoms with Gasteiger partial charge in [-0.15, -0.1) is 11.6 Å². The van der Waals surface area contributed by atoms with Crippen LogP contribution in [-0.2, 0) is 6.54 Å². The predicted molar refractivity (Wildman–Crippen MR) is 62.0 cm³/mol. The summed E-state index contributed by atoms with van der Waals surface area (Å²) in [4.78, 5) is 11.4. The number of benzene rings is 1. The van der Waals surface area contributed by atoms with E-state index in [2.05, 4.69) is 5.32 Å². The highest BCUT2D eigenvalue weighted by Gasteiger charge is 2.19. The third-order valence-corrected chi connectivity index (χ3v) is 2.67. The third-order valence-electron chi connectivity index (χ3n) is 2.46. The number of carbonyl (C=O) groups excluding carboxylic acids is 1. The second-order valence-corrected chi connectivity index (χ2v) is 3.81. The molecule has 0 unspecified atom stereocenters. The highest BCUT2D eigenvalue weighted by Crippen LogP contribution is 2.21. The summed E-state index contributed by atoms with van der Waals surface area (Å²) in [6, 6.07) is 5.78. The normalized spacial score (nSPS) is 14.3. The Hall–Kier alpha value is -1.28. The molecular weight excluding hydrogens is 210 g/mol. The van der Waals surface area contributed by atoms with Crippen molar-refractivity contribution in [2.75, 3.05) is 5.88 Å². The molecule has 0 spiro atoms. The van der Waals surface area contributed by atoms with Gasteiger partial charge in [0.1, 0.15) is 0 Å². The Morgan fingerprint density at radius 1 is 1.47 bits per heavy atom. The van der Waals surface area contributed by atoms with Gasteiger partial charge in [-0.3, -0.25) is 4.79 Å². The minimum atomic E-state index is 0.0255. The third kappa shape index (κ3) is 2.05. The first-order valence-corrected chi connectivity index (χ1v) is 5.49. The summed E-state index contributed by atoms with van der Waals surface area (Å²) in [5, 5.41) is 2.82. The fourth-order valence-corrected chi connectivity index (χ4v) is 1.83. The van der Waals surface area contributed by atoms with Gasteiger partial charge in [0.25, 0.3) is 5.91 Å². The van der Waals surface area contributed by atoms with Crippen LogP contribution in [0, 0.1) is 0 Å². The lowest BCUT2D eigenvalue weighted by atomic mass is 10.0. The Morgan fingerprint density at radius 2 is 2.33 bits per heavy atom. The Labute approximate surface area is 93.9 Å². The molecule has 0 bridgehead atoms. The number of fused-ring (bicyclic) bond motifs is 1. The van der Waals surface area contributed by atoms with Crippen molar-refractivity contribution in [1.82, 2.24) is 5.32 Å². The van der Waals surface area contributed by atoms with Crippen molar-refractivity contribution < 1.29 is 4.79 Å². The Balaban J connectivity index is 2.30. The van der Waals surface area contributed by atoms with Gasteiger partial charge in [-0.1, -0.05) is 24.3 Å². The number of halogens is 1. The van der Waals surface area contributed by atoms with Crippen LogP contribution in [0.25, 0.3) is 6.08 Å². The van der Waals surface area contributed by atoms with E-state index in [0.29, 0.717) is 12.4 Å². The van der Waals surface area contributed by atoms with Gasteiger partial charge in [0.05, 0.1) is 0 Å². The SMILES string of the molecule is O=C1NCc2c(C=CCCCl)cccc21. The van der Waals surface area contributed by atoms with E-state index in [4.69, 9.17) is 11.6 Å². The maximum Gasteiger partial charge on any atom is 0.251 e. The number of alkyl halides is 1. The fraction of sp³-hybridized carbons (Fsp3) is 0.250. The molecule has 0 radical (unpaired) electrons. The van der Waals surface area contributed by atoms with Gasteiger partial charge in [-0.05, 0) is 23.6 Å². The molecule has 0 atom stereocenters. The molecule has 2 nitrogen and oxygen atoms in total. The average Bonchev–Trinajstić information content (AvgIpc) is 2.62. The van der Waals surface area contributed by atoms with Crippen molar-refractivity contribution in [3.8, 4) is 0 Å². The van der Waals surface area contributed by atoms with Gasteiger partial charge < -0.3 is 5.32 Å². The lowest BCUT2D eigenvalue weighted by Gasteiger charge is -2.00. The van der Waals surface area contributed by atoms with Gasteiger partial charge in [-0.25, -0.2) is 0 Å². The molecule has 15 heavy (non-hydrogen) atoms. The van der Waals surface area contributed by atoms with Gasteiger partial charge in [0.2, 0.25) is 0 Å². The molecule has 1 aromatic rings. The maximum atomic E-state index is 11.4. The van der Waals surface area contributed by atoms with Crippen LogP contribution >= 0.6 is 11.6 Å². The van der Waals surface area contributed by atoms with Crippen LogP contribution in [-0.4, -0.2) is 11.8 Å². The molecule has 0 aliphatic carbocycles. The quantitative estimate of drug-likeness (QED) is 0.781. The topological polar surface area (TPSA) is 29.1 Å². The second-order valence-electron chi connectivity index (χ2n) is 3.44. The predicted octanol–water partition coefficient (Wildman–Crippen LogP) is 2.57. The van der Waals surface area contributed by atoms with Gasteiger partial charge in [-0.2, -0.15) is 0 Å². The van der Waals surface area contributed by atoms with Crippen LogP contribution in [0.2, 0.25) is 0 Å². The maximum absolute atomic E-state index is 11.4. The van der Waals surface area contributed by atoms with Crippen molar-refractivity contribution in [2.24, 2.45) is 0 Å². The molecule has 0 aromatic heterocycles. The summed E-state index contributed by atoms with van der Waals surface area (Å²) in [6.07, 6.45) is 4.92. The number of carbonyl (C=O) groups is 1. The van der Waals surface area contributed by atoms with Crippen LogP contribution < -0.4 is 5.32 Å². The van der Waals surface area contributed by atoms with Crippen molar-refractivity contribution in [1.29, 1.82) is 0 Å². The van der Waals surface area contributed by atoms with Crippen LogP contribution in [0.1, 0.15) is 27.9 Å². The number of allylic oxidation sites excluding steroid dienone is 1. The first-order valence-electron chi connectivity index (χ1n) is 4.95. The van der Waals surface area contributed by atoms with Gasteiger partial charge in [0.15, 0.2) is 0 Å². The summed E-state index contributed by atoms with van der Waals surface area (Å²) in [5.41, 5.74) is 2.99. The smallest absolute Gasteiger partial charge is 0.251 e. The number of amides is 1. The van der Waals surface area contributed by atoms with E-state index in [9.17, 15) is 4.79 Å². The van der Waals surface area contributed by atoms with E-state index >= 15 is 0 Å². The van der Waals surface area contributed by atoms with Gasteiger partial charge in [0, 0.05) is 18.0 Å². The summed E-state index contributed by atoms with van der Waals surface area (Å²) in [6.45, 7) is 0.634. The largest absolute Gasteiger partial charge is 0.348 e. The van der Waals surface area contributed by atoms with E-state index in [1.807, 2.05) is 30.4 Å². The number of nitrogens with one attached hydrogen (secondary N) is 1. The number of rotatable bonds is 3. The number of hydrogen-bond donors (Lipinski definition) is 1. The lowest BCUT2D eigenvalue weighted by Crippen LogP contribution is -2.12. The second kappa shape index (κ2) is 4.49. The molecule has 1 aromatic carbocycles. The summed E-state index contributed by atoms with van der Waals surface area (Å²) < 4.78 is 0. The van der Waals surface area contributed by atoms with Gasteiger partial charge >= 0.3 is 0 Å². The first-order chi connectivity index (χ1) is 7.33. The highest BCUT2D eigenvalue weighted by molar-refractivity contribution is 6.17. The molecule has 0 fully saturated rings. The number of hydrogen-bond acceptors (Lipinski definition) is 1. The van der Waals surface area contributed by atoms with E-state index < -0.39 is 0 Å². The average molecular weight is 222 g/mol. The monoisotopic (exact) mass is 221 g/mol. The molecule has 78 valence electrons. The van der Waals surface area contributed by atoms with Crippen LogP contribution in [0.3, 0.4) is 0 Å². The van der Waals surface area contributed by atoms with Crippen molar-refractivity contribution in [3.05, 3.63) is 41.0 Å². The Bertz CT molecular complexity index is 412. The molecule has 0 saturated carbocycles. The summed E-state index contributed by atoms with van der Waals surface area (Å²) in [7, 11) is 0.